The molecule has 1 spiro atoms. The second-order valence-corrected chi connectivity index (χ2v) is 5.30. The summed E-state index contributed by atoms with van der Waals surface area (Å²) in [7, 11) is 0. The number of likely N-dealkylation sites (tertiary alicyclic amines) is 1. The third kappa shape index (κ3) is 2.03. The molecule has 1 N–H and O–H groups in total. The molecule has 0 bridgehead atoms. The smallest absolute Gasteiger partial charge is 0.225 e. The molecular formula is C12H22N2O. The van der Waals surface area contributed by atoms with E-state index >= 15 is 0 Å². The Labute approximate surface area is 92.2 Å². The van der Waals surface area contributed by atoms with Gasteiger partial charge in [-0.2, -0.15) is 0 Å². The molecule has 1 unspecified atom stereocenters. The van der Waals surface area contributed by atoms with E-state index in [1.54, 1.807) is 0 Å². The molecule has 2 heterocycles. The third-order valence-electron chi connectivity index (χ3n) is 3.89. The molecule has 0 aliphatic carbocycles. The van der Waals surface area contributed by atoms with Crippen LogP contribution in [0.5, 0.6) is 0 Å². The number of nitrogens with zero attached hydrogens (tertiary/aromatic N) is 1. The Hall–Kier alpha value is -0.570. The molecule has 86 valence electrons. The average molecular weight is 210 g/mol. The van der Waals surface area contributed by atoms with Gasteiger partial charge >= 0.3 is 0 Å². The SMILES string of the molecule is CCCC(C)C(=O)N1CCC2(CNC2)C1. The van der Waals surface area contributed by atoms with Crippen LogP contribution >= 0.6 is 0 Å². The highest BCUT2D eigenvalue weighted by atomic mass is 16.2. The van der Waals surface area contributed by atoms with Crippen molar-refractivity contribution in [3.05, 3.63) is 0 Å². The molecule has 2 saturated heterocycles. The lowest BCUT2D eigenvalue weighted by Crippen LogP contribution is -2.55. The van der Waals surface area contributed by atoms with Crippen molar-refractivity contribution in [3.63, 3.8) is 0 Å². The van der Waals surface area contributed by atoms with Crippen LogP contribution in [-0.4, -0.2) is 37.0 Å². The second kappa shape index (κ2) is 4.12. The quantitative estimate of drug-likeness (QED) is 0.760. The molecule has 3 nitrogen and oxygen atoms in total. The van der Waals surface area contributed by atoms with Gasteiger partial charge in [0, 0.05) is 37.5 Å². The lowest BCUT2D eigenvalue weighted by molar-refractivity contribution is -0.134. The van der Waals surface area contributed by atoms with Crippen LogP contribution in [0.3, 0.4) is 0 Å². The lowest BCUT2D eigenvalue weighted by Gasteiger charge is -2.39. The highest BCUT2D eigenvalue weighted by Gasteiger charge is 2.44. The second-order valence-electron chi connectivity index (χ2n) is 5.30. The number of carbonyl (C=O) groups is 1. The molecule has 3 heteroatoms. The van der Waals surface area contributed by atoms with Crippen molar-refractivity contribution < 1.29 is 4.79 Å². The molecule has 0 aromatic heterocycles. The highest BCUT2D eigenvalue weighted by molar-refractivity contribution is 5.78. The lowest BCUT2D eigenvalue weighted by atomic mass is 9.81. The summed E-state index contributed by atoms with van der Waals surface area (Å²) in [6.07, 6.45) is 3.33. The van der Waals surface area contributed by atoms with Gasteiger partial charge in [0.15, 0.2) is 0 Å². The number of hydrogen-bond acceptors (Lipinski definition) is 2. The molecule has 2 rings (SSSR count). The minimum Gasteiger partial charge on any atom is -0.342 e. The molecule has 0 saturated carbocycles. The topological polar surface area (TPSA) is 32.3 Å². The molecule has 1 amide bonds. The van der Waals surface area contributed by atoms with Gasteiger partial charge in [-0.15, -0.1) is 0 Å². The van der Waals surface area contributed by atoms with Crippen molar-refractivity contribution in [2.75, 3.05) is 26.2 Å². The largest absolute Gasteiger partial charge is 0.342 e. The van der Waals surface area contributed by atoms with Crippen molar-refractivity contribution in [1.29, 1.82) is 0 Å². The number of hydrogen-bond donors (Lipinski definition) is 1. The Balaban J connectivity index is 1.87. The molecular weight excluding hydrogens is 188 g/mol. The van der Waals surface area contributed by atoms with Gasteiger partial charge in [-0.1, -0.05) is 20.3 Å². The normalized spacial score (nSPS) is 25.3. The molecule has 2 aliphatic heterocycles. The van der Waals surface area contributed by atoms with Crippen LogP contribution in [0.2, 0.25) is 0 Å². The molecule has 1 atom stereocenters. The summed E-state index contributed by atoms with van der Waals surface area (Å²) in [5.74, 6) is 0.596. The van der Waals surface area contributed by atoms with Crippen molar-refractivity contribution >= 4 is 5.91 Å². The molecule has 0 radical (unpaired) electrons. The van der Waals surface area contributed by atoms with Gasteiger partial charge in [0.25, 0.3) is 0 Å². The highest BCUT2D eigenvalue weighted by Crippen LogP contribution is 2.34. The van der Waals surface area contributed by atoms with Gasteiger partial charge in [-0.3, -0.25) is 4.79 Å². The first-order valence-corrected chi connectivity index (χ1v) is 6.16. The number of amides is 1. The summed E-state index contributed by atoms with van der Waals surface area (Å²) in [6.45, 7) is 8.40. The maximum absolute atomic E-state index is 12.1. The fourth-order valence-electron chi connectivity index (χ4n) is 2.76. The molecule has 15 heavy (non-hydrogen) atoms. The number of carbonyl (C=O) groups excluding carboxylic acids is 1. The van der Waals surface area contributed by atoms with E-state index in [0.29, 0.717) is 11.3 Å². The number of rotatable bonds is 3. The maximum atomic E-state index is 12.1. The zero-order valence-electron chi connectivity index (χ0n) is 9.88. The predicted octanol–water partition coefficient (Wildman–Crippen LogP) is 1.24. The first-order valence-electron chi connectivity index (χ1n) is 6.16. The van der Waals surface area contributed by atoms with Gasteiger partial charge in [-0.05, 0) is 12.8 Å². The first kappa shape index (κ1) is 10.9. The van der Waals surface area contributed by atoms with Crippen molar-refractivity contribution in [3.8, 4) is 0 Å². The summed E-state index contributed by atoms with van der Waals surface area (Å²) in [4.78, 5) is 14.2. The van der Waals surface area contributed by atoms with Gasteiger partial charge in [0.05, 0.1) is 0 Å². The van der Waals surface area contributed by atoms with Crippen LogP contribution in [-0.2, 0) is 4.79 Å². The molecule has 0 aromatic carbocycles. The first-order chi connectivity index (χ1) is 7.17. The van der Waals surface area contributed by atoms with E-state index in [4.69, 9.17) is 0 Å². The van der Waals surface area contributed by atoms with E-state index in [1.807, 2.05) is 0 Å². The van der Waals surface area contributed by atoms with E-state index in [9.17, 15) is 4.79 Å². The molecule has 0 aromatic rings. The fourth-order valence-corrected chi connectivity index (χ4v) is 2.76. The van der Waals surface area contributed by atoms with Crippen LogP contribution in [0.15, 0.2) is 0 Å². The Morgan fingerprint density at radius 1 is 1.53 bits per heavy atom. The minimum absolute atomic E-state index is 0.221. The van der Waals surface area contributed by atoms with Gasteiger partial charge < -0.3 is 10.2 Å². The van der Waals surface area contributed by atoms with Crippen molar-refractivity contribution in [2.24, 2.45) is 11.3 Å². The zero-order chi connectivity index (χ0) is 10.9. The Bertz CT molecular complexity index is 248. The van der Waals surface area contributed by atoms with Crippen LogP contribution in [0.25, 0.3) is 0 Å². The van der Waals surface area contributed by atoms with Gasteiger partial charge in [0.1, 0.15) is 0 Å². The molecule has 2 aliphatic rings. The monoisotopic (exact) mass is 210 g/mol. The average Bonchev–Trinajstić information content (AvgIpc) is 2.61. The summed E-state index contributed by atoms with van der Waals surface area (Å²) < 4.78 is 0. The van der Waals surface area contributed by atoms with Crippen molar-refractivity contribution in [2.45, 2.75) is 33.1 Å². The Kier molecular flexibility index (Phi) is 3.01. The van der Waals surface area contributed by atoms with E-state index in [-0.39, 0.29) is 5.92 Å². The summed E-state index contributed by atoms with van der Waals surface area (Å²) in [6, 6.07) is 0. The predicted molar refractivity (Wildman–Crippen MR) is 60.6 cm³/mol. The molecule has 2 fully saturated rings. The summed E-state index contributed by atoms with van der Waals surface area (Å²) >= 11 is 0. The number of nitrogens with one attached hydrogen (secondary N) is 1. The Morgan fingerprint density at radius 2 is 2.27 bits per heavy atom. The standard InChI is InChI=1S/C12H22N2O/c1-3-4-10(2)11(15)14-6-5-12(9-14)7-13-8-12/h10,13H,3-9H2,1-2H3. The van der Waals surface area contributed by atoms with Crippen LogP contribution in [0.4, 0.5) is 0 Å². The Morgan fingerprint density at radius 3 is 2.73 bits per heavy atom. The summed E-state index contributed by atoms with van der Waals surface area (Å²) in [5, 5.41) is 3.32. The zero-order valence-corrected chi connectivity index (χ0v) is 9.88. The van der Waals surface area contributed by atoms with E-state index in [0.717, 1.165) is 39.0 Å². The van der Waals surface area contributed by atoms with Gasteiger partial charge in [-0.25, -0.2) is 0 Å². The van der Waals surface area contributed by atoms with E-state index in [2.05, 4.69) is 24.1 Å². The fraction of sp³-hybridized carbons (Fsp3) is 0.917. The van der Waals surface area contributed by atoms with Crippen LogP contribution in [0.1, 0.15) is 33.1 Å². The third-order valence-corrected chi connectivity index (χ3v) is 3.89. The van der Waals surface area contributed by atoms with Crippen LogP contribution in [0, 0.1) is 11.3 Å². The van der Waals surface area contributed by atoms with Gasteiger partial charge in [0.2, 0.25) is 5.91 Å². The van der Waals surface area contributed by atoms with Crippen LogP contribution < -0.4 is 5.32 Å². The minimum atomic E-state index is 0.221. The maximum Gasteiger partial charge on any atom is 0.225 e. The summed E-state index contributed by atoms with van der Waals surface area (Å²) in [5.41, 5.74) is 0.446. The van der Waals surface area contributed by atoms with E-state index in [1.165, 1.54) is 6.42 Å². The van der Waals surface area contributed by atoms with Crippen molar-refractivity contribution in [1.82, 2.24) is 10.2 Å². The van der Waals surface area contributed by atoms with E-state index < -0.39 is 0 Å².